The van der Waals surface area contributed by atoms with Gasteiger partial charge in [0.05, 0.1) is 29.1 Å². The molecule has 0 radical (unpaired) electrons. The first kappa shape index (κ1) is 12.0. The summed E-state index contributed by atoms with van der Waals surface area (Å²) in [7, 11) is 0. The van der Waals surface area contributed by atoms with Gasteiger partial charge in [0.1, 0.15) is 0 Å². The number of aliphatic carboxylic acids is 1. The van der Waals surface area contributed by atoms with E-state index in [1.165, 1.54) is 0 Å². The van der Waals surface area contributed by atoms with Gasteiger partial charge in [-0.25, -0.2) is 9.50 Å². The monoisotopic (exact) mass is 270 g/mol. The second-order valence-electron chi connectivity index (χ2n) is 4.21. The topological polar surface area (TPSA) is 119 Å². The fourth-order valence-corrected chi connectivity index (χ4v) is 1.92. The van der Waals surface area contributed by atoms with Gasteiger partial charge in [0.15, 0.2) is 0 Å². The van der Waals surface area contributed by atoms with E-state index in [9.17, 15) is 4.79 Å². The first-order valence-corrected chi connectivity index (χ1v) is 5.91. The summed E-state index contributed by atoms with van der Waals surface area (Å²) in [6.45, 7) is 0.280. The SMILES string of the molecule is N#Cc1ccc2c(c1)nc1nc(NCCC(=O)O)[nH]n12. The summed E-state index contributed by atoms with van der Waals surface area (Å²) in [5.74, 6) is 0.0521. The lowest BCUT2D eigenvalue weighted by molar-refractivity contribution is -0.136. The number of imidazole rings is 1. The lowest BCUT2D eigenvalue weighted by Gasteiger charge is -1.98. The third kappa shape index (κ3) is 2.01. The van der Waals surface area contributed by atoms with E-state index in [4.69, 9.17) is 10.4 Å². The fraction of sp³-hybridized carbons (Fsp3) is 0.167. The van der Waals surface area contributed by atoms with Crippen LogP contribution in [-0.4, -0.2) is 37.2 Å². The van der Waals surface area contributed by atoms with Crippen LogP contribution in [0.4, 0.5) is 5.95 Å². The number of benzene rings is 1. The maximum Gasteiger partial charge on any atom is 0.305 e. The quantitative estimate of drug-likeness (QED) is 0.649. The molecule has 20 heavy (non-hydrogen) atoms. The Hall–Kier alpha value is -3.08. The number of H-pyrrole nitrogens is 1. The second kappa shape index (κ2) is 4.55. The number of nitriles is 1. The van der Waals surface area contributed by atoms with Crippen molar-refractivity contribution in [3.8, 4) is 6.07 Å². The fourth-order valence-electron chi connectivity index (χ4n) is 1.92. The van der Waals surface area contributed by atoms with Crippen LogP contribution in [0, 0.1) is 11.3 Å². The molecule has 3 N–H and O–H groups in total. The summed E-state index contributed by atoms with van der Waals surface area (Å²) in [5.41, 5.74) is 2.02. The number of carbonyl (C=O) groups is 1. The Morgan fingerprint density at radius 1 is 1.50 bits per heavy atom. The molecule has 0 saturated heterocycles. The van der Waals surface area contributed by atoms with Crippen molar-refractivity contribution in [3.63, 3.8) is 0 Å². The molecular formula is C12H10N6O2. The molecular weight excluding hydrogens is 260 g/mol. The molecule has 8 nitrogen and oxygen atoms in total. The first-order chi connectivity index (χ1) is 9.67. The van der Waals surface area contributed by atoms with Crippen LogP contribution in [0.5, 0.6) is 0 Å². The lowest BCUT2D eigenvalue weighted by atomic mass is 10.2. The first-order valence-electron chi connectivity index (χ1n) is 5.91. The molecule has 0 spiro atoms. The molecule has 0 aliphatic carbocycles. The van der Waals surface area contributed by atoms with Crippen molar-refractivity contribution in [2.24, 2.45) is 0 Å². The summed E-state index contributed by atoms with van der Waals surface area (Å²) >= 11 is 0. The predicted octanol–water partition coefficient (Wildman–Crippen LogP) is 0.969. The third-order valence-corrected chi connectivity index (χ3v) is 2.83. The highest BCUT2D eigenvalue weighted by atomic mass is 16.4. The van der Waals surface area contributed by atoms with Gasteiger partial charge in [-0.3, -0.25) is 9.89 Å². The van der Waals surface area contributed by atoms with Crippen LogP contribution in [0.2, 0.25) is 0 Å². The standard InChI is InChI=1S/C12H10N6O2/c13-6-7-1-2-9-8(5-7)15-12-16-11(17-18(9)12)14-4-3-10(19)20/h1-2,5H,3-4H2,(H,19,20)(H2,14,15,16,17). The molecule has 100 valence electrons. The minimum Gasteiger partial charge on any atom is -0.481 e. The van der Waals surface area contributed by atoms with Gasteiger partial charge in [-0.05, 0) is 18.2 Å². The smallest absolute Gasteiger partial charge is 0.305 e. The number of carboxylic acids is 1. The van der Waals surface area contributed by atoms with E-state index >= 15 is 0 Å². The molecule has 8 heteroatoms. The van der Waals surface area contributed by atoms with Crippen LogP contribution in [0.1, 0.15) is 12.0 Å². The van der Waals surface area contributed by atoms with Crippen LogP contribution in [0.25, 0.3) is 16.8 Å². The number of hydrogen-bond donors (Lipinski definition) is 3. The van der Waals surface area contributed by atoms with E-state index < -0.39 is 5.97 Å². The number of rotatable bonds is 4. The Morgan fingerprint density at radius 3 is 3.10 bits per heavy atom. The predicted molar refractivity (Wildman–Crippen MR) is 70.3 cm³/mol. The Balaban J connectivity index is 1.92. The van der Waals surface area contributed by atoms with Gasteiger partial charge in [-0.15, -0.1) is 0 Å². The van der Waals surface area contributed by atoms with Crippen molar-refractivity contribution < 1.29 is 9.90 Å². The molecule has 0 aliphatic heterocycles. The highest BCUT2D eigenvalue weighted by Gasteiger charge is 2.10. The van der Waals surface area contributed by atoms with Crippen LogP contribution in [-0.2, 0) is 4.79 Å². The van der Waals surface area contributed by atoms with E-state index in [-0.39, 0.29) is 13.0 Å². The lowest BCUT2D eigenvalue weighted by Crippen LogP contribution is -2.08. The highest BCUT2D eigenvalue weighted by Crippen LogP contribution is 2.17. The summed E-state index contributed by atoms with van der Waals surface area (Å²) in [6.07, 6.45) is 0.00922. The van der Waals surface area contributed by atoms with Gasteiger partial charge < -0.3 is 10.4 Å². The molecule has 2 heterocycles. The molecule has 2 aromatic heterocycles. The maximum atomic E-state index is 10.4. The molecule has 0 unspecified atom stereocenters. The minimum absolute atomic E-state index is 0.00922. The largest absolute Gasteiger partial charge is 0.481 e. The zero-order valence-corrected chi connectivity index (χ0v) is 10.3. The maximum absolute atomic E-state index is 10.4. The van der Waals surface area contributed by atoms with Crippen molar-refractivity contribution in [2.75, 3.05) is 11.9 Å². The Bertz CT molecular complexity index is 841. The summed E-state index contributed by atoms with van der Waals surface area (Å²) < 4.78 is 1.68. The van der Waals surface area contributed by atoms with Crippen molar-refractivity contribution in [1.82, 2.24) is 19.6 Å². The number of anilines is 1. The van der Waals surface area contributed by atoms with Crippen molar-refractivity contribution in [3.05, 3.63) is 23.8 Å². The van der Waals surface area contributed by atoms with Gasteiger partial charge in [-0.2, -0.15) is 10.2 Å². The highest BCUT2D eigenvalue weighted by molar-refractivity contribution is 5.80. The van der Waals surface area contributed by atoms with Crippen LogP contribution in [0.3, 0.4) is 0 Å². The Labute approximate surface area is 112 Å². The average Bonchev–Trinajstić information content (AvgIpc) is 2.94. The zero-order chi connectivity index (χ0) is 14.1. The van der Waals surface area contributed by atoms with Gasteiger partial charge in [0.2, 0.25) is 5.95 Å². The number of aromatic amines is 1. The van der Waals surface area contributed by atoms with Crippen LogP contribution in [0.15, 0.2) is 18.2 Å². The molecule has 0 saturated carbocycles. The van der Waals surface area contributed by atoms with Crippen molar-refractivity contribution >= 4 is 28.7 Å². The third-order valence-electron chi connectivity index (χ3n) is 2.83. The Morgan fingerprint density at radius 2 is 2.35 bits per heavy atom. The van der Waals surface area contributed by atoms with Crippen LogP contribution < -0.4 is 5.32 Å². The van der Waals surface area contributed by atoms with Gasteiger partial charge in [0, 0.05) is 6.54 Å². The minimum atomic E-state index is -0.872. The zero-order valence-electron chi connectivity index (χ0n) is 10.3. The van der Waals surface area contributed by atoms with E-state index in [1.54, 1.807) is 22.7 Å². The number of nitrogens with zero attached hydrogens (tertiary/aromatic N) is 4. The Kier molecular flexibility index (Phi) is 2.72. The number of hydrogen-bond acceptors (Lipinski definition) is 5. The van der Waals surface area contributed by atoms with Crippen molar-refractivity contribution in [1.29, 1.82) is 5.26 Å². The van der Waals surface area contributed by atoms with E-state index in [1.807, 2.05) is 0 Å². The van der Waals surface area contributed by atoms with Gasteiger partial charge in [-0.1, -0.05) is 0 Å². The molecule has 0 atom stereocenters. The van der Waals surface area contributed by atoms with E-state index in [0.29, 0.717) is 22.8 Å². The number of aromatic nitrogens is 4. The van der Waals surface area contributed by atoms with Gasteiger partial charge >= 0.3 is 5.97 Å². The van der Waals surface area contributed by atoms with E-state index in [2.05, 4.69) is 26.5 Å². The summed E-state index contributed by atoms with van der Waals surface area (Å²) in [5, 5.41) is 23.3. The molecule has 0 aliphatic rings. The molecule has 3 aromatic rings. The van der Waals surface area contributed by atoms with E-state index in [0.717, 1.165) is 5.52 Å². The molecule has 3 rings (SSSR count). The number of carboxylic acid groups (broad SMARTS) is 1. The second-order valence-corrected chi connectivity index (χ2v) is 4.21. The van der Waals surface area contributed by atoms with Crippen molar-refractivity contribution in [2.45, 2.75) is 6.42 Å². The van der Waals surface area contributed by atoms with Gasteiger partial charge in [0.25, 0.3) is 5.78 Å². The normalized spacial score (nSPS) is 10.8. The number of fused-ring (bicyclic) bond motifs is 3. The average molecular weight is 270 g/mol. The molecule has 0 bridgehead atoms. The summed E-state index contributed by atoms with van der Waals surface area (Å²) in [6, 6.07) is 7.24. The molecule has 0 amide bonds. The molecule has 1 aromatic carbocycles. The van der Waals surface area contributed by atoms with Crippen LogP contribution >= 0.6 is 0 Å². The molecule has 0 fully saturated rings. The number of nitrogens with one attached hydrogen (secondary N) is 2. The summed E-state index contributed by atoms with van der Waals surface area (Å²) in [4.78, 5) is 18.9.